The summed E-state index contributed by atoms with van der Waals surface area (Å²) in [6.45, 7) is 10.0. The van der Waals surface area contributed by atoms with Gasteiger partial charge in [0.05, 0.1) is 12.5 Å². The summed E-state index contributed by atoms with van der Waals surface area (Å²) in [5, 5.41) is 3.06. The van der Waals surface area contributed by atoms with Crippen LogP contribution in [0.4, 0.5) is 0 Å². The van der Waals surface area contributed by atoms with E-state index in [1.807, 2.05) is 11.9 Å². The summed E-state index contributed by atoms with van der Waals surface area (Å²) in [7, 11) is 1.99. The van der Waals surface area contributed by atoms with E-state index >= 15 is 0 Å². The van der Waals surface area contributed by atoms with Crippen LogP contribution in [0.15, 0.2) is 0 Å². The number of carbonyl (C=O) groups is 2. The van der Waals surface area contributed by atoms with Crippen molar-refractivity contribution in [3.63, 3.8) is 0 Å². The molecule has 0 bridgehead atoms. The molecule has 5 nitrogen and oxygen atoms in total. The Morgan fingerprint density at radius 1 is 1.22 bits per heavy atom. The summed E-state index contributed by atoms with van der Waals surface area (Å²) >= 11 is 0. The third-order valence-corrected chi connectivity index (χ3v) is 4.56. The molecule has 1 aliphatic carbocycles. The molecule has 2 aliphatic rings. The molecule has 1 aliphatic heterocycles. The lowest BCUT2D eigenvalue weighted by atomic mass is 9.96. The van der Waals surface area contributed by atoms with Gasteiger partial charge >= 0.3 is 0 Å². The average Bonchev–Trinajstić information content (AvgIpc) is 3.27. The Hall–Kier alpha value is -1.10. The van der Waals surface area contributed by atoms with Gasteiger partial charge in [-0.15, -0.1) is 0 Å². The van der Waals surface area contributed by atoms with E-state index in [2.05, 4.69) is 31.0 Å². The van der Waals surface area contributed by atoms with Gasteiger partial charge in [0.2, 0.25) is 11.8 Å². The van der Waals surface area contributed by atoms with Gasteiger partial charge in [0.15, 0.2) is 0 Å². The molecule has 0 aromatic rings. The van der Waals surface area contributed by atoms with Gasteiger partial charge in [-0.3, -0.25) is 14.5 Å². The van der Waals surface area contributed by atoms with E-state index in [4.69, 9.17) is 0 Å². The Morgan fingerprint density at radius 3 is 2.52 bits per heavy atom. The molecule has 2 amide bonds. The summed E-state index contributed by atoms with van der Waals surface area (Å²) in [5.74, 6) is 0.958. The molecule has 1 N–H and O–H groups in total. The monoisotopic (exact) mass is 323 g/mol. The van der Waals surface area contributed by atoms with E-state index in [1.165, 1.54) is 12.8 Å². The van der Waals surface area contributed by atoms with Crippen molar-refractivity contribution in [2.75, 3.05) is 39.8 Å². The predicted molar refractivity (Wildman–Crippen MR) is 92.0 cm³/mol. The quantitative estimate of drug-likeness (QED) is 0.810. The van der Waals surface area contributed by atoms with Crippen LogP contribution in [0, 0.1) is 17.3 Å². The fourth-order valence-corrected chi connectivity index (χ4v) is 3.33. The topological polar surface area (TPSA) is 52.7 Å². The number of hydrogen-bond acceptors (Lipinski definition) is 3. The first-order valence-corrected chi connectivity index (χ1v) is 8.98. The standard InChI is InChI=1S/C18H33N3O2/c1-18(2,3)13-20(4)12-16(22)21-9-5-6-15(11-21)17(23)19-10-14-7-8-14/h14-15H,5-13H2,1-4H3,(H,19,23)/t15-/m0/s1. The minimum absolute atomic E-state index is 0.0284. The highest BCUT2D eigenvalue weighted by Crippen LogP contribution is 2.28. The summed E-state index contributed by atoms with van der Waals surface area (Å²) in [6.07, 6.45) is 4.32. The van der Waals surface area contributed by atoms with Gasteiger partial charge in [-0.25, -0.2) is 0 Å². The second kappa shape index (κ2) is 7.65. The van der Waals surface area contributed by atoms with Crippen LogP contribution in [0.25, 0.3) is 0 Å². The number of nitrogens with one attached hydrogen (secondary N) is 1. The van der Waals surface area contributed by atoms with E-state index in [0.29, 0.717) is 19.0 Å². The minimum atomic E-state index is -0.0284. The van der Waals surface area contributed by atoms with Gasteiger partial charge in [-0.05, 0) is 44.1 Å². The zero-order chi connectivity index (χ0) is 17.0. The first-order chi connectivity index (χ1) is 10.7. The summed E-state index contributed by atoms with van der Waals surface area (Å²) in [5.41, 5.74) is 0.183. The van der Waals surface area contributed by atoms with E-state index in [9.17, 15) is 9.59 Å². The zero-order valence-corrected chi connectivity index (χ0v) is 15.2. The van der Waals surface area contributed by atoms with E-state index in [0.717, 1.165) is 32.5 Å². The van der Waals surface area contributed by atoms with Crippen LogP contribution in [0.5, 0.6) is 0 Å². The van der Waals surface area contributed by atoms with Gasteiger partial charge in [0, 0.05) is 26.2 Å². The molecule has 2 fully saturated rings. The second-order valence-corrected chi connectivity index (χ2v) is 8.60. The normalized spacial score (nSPS) is 22.3. The lowest BCUT2D eigenvalue weighted by Gasteiger charge is -2.34. The molecule has 23 heavy (non-hydrogen) atoms. The molecular formula is C18H33N3O2. The molecule has 1 saturated heterocycles. The summed E-state index contributed by atoms with van der Waals surface area (Å²) in [6, 6.07) is 0. The maximum Gasteiger partial charge on any atom is 0.236 e. The van der Waals surface area contributed by atoms with Crippen LogP contribution in [-0.4, -0.2) is 61.4 Å². The highest BCUT2D eigenvalue weighted by Gasteiger charge is 2.30. The Labute approximate surface area is 140 Å². The molecule has 0 aromatic carbocycles. The van der Waals surface area contributed by atoms with Crippen molar-refractivity contribution in [3.8, 4) is 0 Å². The molecule has 132 valence electrons. The molecule has 1 heterocycles. The number of hydrogen-bond donors (Lipinski definition) is 1. The SMILES string of the molecule is CN(CC(=O)N1CCC[C@H](C(=O)NCC2CC2)C1)CC(C)(C)C. The van der Waals surface area contributed by atoms with Gasteiger partial charge in [-0.1, -0.05) is 20.8 Å². The number of likely N-dealkylation sites (tertiary alicyclic amines) is 1. The second-order valence-electron chi connectivity index (χ2n) is 8.60. The Morgan fingerprint density at radius 2 is 1.91 bits per heavy atom. The smallest absolute Gasteiger partial charge is 0.236 e. The third-order valence-electron chi connectivity index (χ3n) is 4.56. The summed E-state index contributed by atoms with van der Waals surface area (Å²) in [4.78, 5) is 28.7. The minimum Gasteiger partial charge on any atom is -0.356 e. The predicted octanol–water partition coefficient (Wildman–Crippen LogP) is 1.73. The van der Waals surface area contributed by atoms with Crippen molar-refractivity contribution in [3.05, 3.63) is 0 Å². The van der Waals surface area contributed by atoms with E-state index in [-0.39, 0.29) is 23.1 Å². The average molecular weight is 323 g/mol. The van der Waals surface area contributed by atoms with E-state index in [1.54, 1.807) is 0 Å². The fraction of sp³-hybridized carbons (Fsp3) is 0.889. The molecular weight excluding hydrogens is 290 g/mol. The number of nitrogens with zero attached hydrogens (tertiary/aromatic N) is 2. The Kier molecular flexibility index (Phi) is 6.06. The number of piperidine rings is 1. The van der Waals surface area contributed by atoms with Crippen molar-refractivity contribution in [1.82, 2.24) is 15.1 Å². The molecule has 2 rings (SSSR count). The van der Waals surface area contributed by atoms with Crippen molar-refractivity contribution < 1.29 is 9.59 Å². The summed E-state index contributed by atoms with van der Waals surface area (Å²) < 4.78 is 0. The number of likely N-dealkylation sites (N-methyl/N-ethyl adjacent to an activating group) is 1. The highest BCUT2D eigenvalue weighted by molar-refractivity contribution is 5.82. The molecule has 0 radical (unpaired) electrons. The van der Waals surface area contributed by atoms with Crippen molar-refractivity contribution in [2.45, 2.75) is 46.5 Å². The fourth-order valence-electron chi connectivity index (χ4n) is 3.33. The van der Waals surface area contributed by atoms with Crippen molar-refractivity contribution >= 4 is 11.8 Å². The molecule has 1 atom stereocenters. The maximum atomic E-state index is 12.5. The van der Waals surface area contributed by atoms with Gasteiger partial charge in [-0.2, -0.15) is 0 Å². The number of rotatable bonds is 6. The van der Waals surface area contributed by atoms with Crippen LogP contribution in [0.1, 0.15) is 46.5 Å². The first kappa shape index (κ1) is 18.2. The van der Waals surface area contributed by atoms with E-state index < -0.39 is 0 Å². The highest BCUT2D eigenvalue weighted by atomic mass is 16.2. The van der Waals surface area contributed by atoms with Crippen LogP contribution < -0.4 is 5.32 Å². The largest absolute Gasteiger partial charge is 0.356 e. The molecule has 0 unspecified atom stereocenters. The Balaban J connectivity index is 1.77. The third kappa shape index (κ3) is 6.50. The van der Waals surface area contributed by atoms with Crippen LogP contribution in [-0.2, 0) is 9.59 Å². The molecule has 1 saturated carbocycles. The van der Waals surface area contributed by atoms with Gasteiger partial charge in [0.1, 0.15) is 0 Å². The van der Waals surface area contributed by atoms with Crippen molar-refractivity contribution in [2.24, 2.45) is 17.3 Å². The first-order valence-electron chi connectivity index (χ1n) is 8.98. The molecule has 0 aromatic heterocycles. The zero-order valence-electron chi connectivity index (χ0n) is 15.2. The molecule has 5 heteroatoms. The Bertz CT molecular complexity index is 426. The maximum absolute atomic E-state index is 12.5. The van der Waals surface area contributed by atoms with Gasteiger partial charge < -0.3 is 10.2 Å². The lowest BCUT2D eigenvalue weighted by Crippen LogP contribution is -2.48. The molecule has 0 spiro atoms. The van der Waals surface area contributed by atoms with Crippen molar-refractivity contribution in [1.29, 1.82) is 0 Å². The number of amides is 2. The van der Waals surface area contributed by atoms with Gasteiger partial charge in [0.25, 0.3) is 0 Å². The van der Waals surface area contributed by atoms with Crippen LogP contribution in [0.2, 0.25) is 0 Å². The number of carbonyl (C=O) groups excluding carboxylic acids is 2. The van der Waals surface area contributed by atoms with Crippen LogP contribution >= 0.6 is 0 Å². The van der Waals surface area contributed by atoms with Crippen LogP contribution in [0.3, 0.4) is 0 Å². The lowest BCUT2D eigenvalue weighted by molar-refractivity contribution is -0.136.